The van der Waals surface area contributed by atoms with Gasteiger partial charge in [0.05, 0.1) is 22.9 Å². The number of carbonyl (C=O) groups excluding carboxylic acids is 1. The maximum Gasteiger partial charge on any atom is 0.307 e. The van der Waals surface area contributed by atoms with Crippen LogP contribution in [0.4, 0.5) is 0 Å². The lowest BCUT2D eigenvalue weighted by molar-refractivity contribution is -0.144. The zero-order valence-electron chi connectivity index (χ0n) is 11.9. The van der Waals surface area contributed by atoms with Crippen molar-refractivity contribution in [1.29, 1.82) is 0 Å². The van der Waals surface area contributed by atoms with Crippen molar-refractivity contribution in [2.45, 2.75) is 45.1 Å². The molecular formula is C15H22BrNO2S. The van der Waals surface area contributed by atoms with Crippen molar-refractivity contribution in [2.75, 3.05) is 19.7 Å². The van der Waals surface area contributed by atoms with E-state index in [-0.39, 0.29) is 12.0 Å². The van der Waals surface area contributed by atoms with E-state index in [2.05, 4.69) is 33.0 Å². The molecule has 0 amide bonds. The second kappa shape index (κ2) is 8.15. The molecule has 0 spiro atoms. The minimum Gasteiger partial charge on any atom is -0.466 e. The first kappa shape index (κ1) is 16.0. The number of likely N-dealkylation sites (tertiary alicyclic amines) is 1. The molecular weight excluding hydrogens is 338 g/mol. The van der Waals surface area contributed by atoms with Crippen molar-refractivity contribution in [3.63, 3.8) is 0 Å². The van der Waals surface area contributed by atoms with Crippen molar-refractivity contribution in [3.05, 3.63) is 20.8 Å². The first-order chi connectivity index (χ1) is 9.70. The van der Waals surface area contributed by atoms with E-state index in [1.807, 2.05) is 6.92 Å². The van der Waals surface area contributed by atoms with Crippen LogP contribution in [0, 0.1) is 0 Å². The lowest BCUT2D eigenvalue weighted by Crippen LogP contribution is -2.31. The van der Waals surface area contributed by atoms with E-state index in [1.165, 1.54) is 30.6 Å². The standard InChI is InChI=1S/C15H22BrNO2S/c1-2-19-15(18)11-12(13-7-8-14(16)20-13)17-9-5-3-4-6-10-17/h7-8,12H,2-6,9-11H2,1H3. The van der Waals surface area contributed by atoms with Crippen LogP contribution < -0.4 is 0 Å². The van der Waals surface area contributed by atoms with Crippen molar-refractivity contribution in [2.24, 2.45) is 0 Å². The summed E-state index contributed by atoms with van der Waals surface area (Å²) in [5.74, 6) is -0.0914. The second-order valence-corrected chi connectivity index (χ2v) is 7.61. The predicted octanol–water partition coefficient (Wildman–Crippen LogP) is 4.38. The molecule has 20 heavy (non-hydrogen) atoms. The average molecular weight is 360 g/mol. The molecule has 1 fully saturated rings. The molecule has 0 saturated carbocycles. The van der Waals surface area contributed by atoms with Crippen molar-refractivity contribution >= 4 is 33.2 Å². The third-order valence-electron chi connectivity index (χ3n) is 3.67. The molecule has 5 heteroatoms. The summed E-state index contributed by atoms with van der Waals surface area (Å²) in [7, 11) is 0. The molecule has 0 radical (unpaired) electrons. The molecule has 1 aliphatic rings. The van der Waals surface area contributed by atoms with E-state index < -0.39 is 0 Å². The van der Waals surface area contributed by atoms with Crippen LogP contribution in [0.3, 0.4) is 0 Å². The monoisotopic (exact) mass is 359 g/mol. The minimum atomic E-state index is -0.0914. The molecule has 1 saturated heterocycles. The number of rotatable bonds is 5. The molecule has 0 bridgehead atoms. The molecule has 1 aliphatic heterocycles. The maximum absolute atomic E-state index is 11.9. The number of carbonyl (C=O) groups is 1. The molecule has 1 aromatic rings. The van der Waals surface area contributed by atoms with Crippen molar-refractivity contribution in [3.8, 4) is 0 Å². The van der Waals surface area contributed by atoms with E-state index >= 15 is 0 Å². The minimum absolute atomic E-state index is 0.0914. The Morgan fingerprint density at radius 3 is 2.60 bits per heavy atom. The van der Waals surface area contributed by atoms with Crippen LogP contribution in [0.2, 0.25) is 0 Å². The summed E-state index contributed by atoms with van der Waals surface area (Å²) in [5, 5.41) is 0. The van der Waals surface area contributed by atoms with E-state index in [0.29, 0.717) is 13.0 Å². The number of nitrogens with zero attached hydrogens (tertiary/aromatic N) is 1. The van der Waals surface area contributed by atoms with Gasteiger partial charge >= 0.3 is 5.97 Å². The van der Waals surface area contributed by atoms with Gasteiger partial charge in [0.15, 0.2) is 0 Å². The number of hydrogen-bond acceptors (Lipinski definition) is 4. The molecule has 1 atom stereocenters. The molecule has 0 aromatic carbocycles. The summed E-state index contributed by atoms with van der Waals surface area (Å²) in [6.07, 6.45) is 5.52. The van der Waals surface area contributed by atoms with Gasteiger partial charge in [-0.25, -0.2) is 0 Å². The Hall–Kier alpha value is -0.390. The van der Waals surface area contributed by atoms with Gasteiger partial charge in [-0.2, -0.15) is 0 Å². The predicted molar refractivity (Wildman–Crippen MR) is 86.1 cm³/mol. The molecule has 112 valence electrons. The highest BCUT2D eigenvalue weighted by atomic mass is 79.9. The lowest BCUT2D eigenvalue weighted by atomic mass is 10.1. The van der Waals surface area contributed by atoms with Crippen molar-refractivity contribution < 1.29 is 9.53 Å². The number of esters is 1. The maximum atomic E-state index is 11.9. The Morgan fingerprint density at radius 1 is 1.35 bits per heavy atom. The van der Waals surface area contributed by atoms with Crippen LogP contribution in [0.1, 0.15) is 49.9 Å². The van der Waals surface area contributed by atoms with E-state index in [9.17, 15) is 4.79 Å². The fourth-order valence-electron chi connectivity index (χ4n) is 2.70. The largest absolute Gasteiger partial charge is 0.466 e. The molecule has 0 aliphatic carbocycles. The highest BCUT2D eigenvalue weighted by Crippen LogP contribution is 2.34. The summed E-state index contributed by atoms with van der Waals surface area (Å²) >= 11 is 5.24. The molecule has 2 heterocycles. The Kier molecular flexibility index (Phi) is 6.52. The quantitative estimate of drug-likeness (QED) is 0.730. The first-order valence-corrected chi connectivity index (χ1v) is 8.96. The summed E-state index contributed by atoms with van der Waals surface area (Å²) in [6.45, 7) is 4.49. The highest BCUT2D eigenvalue weighted by Gasteiger charge is 2.25. The van der Waals surface area contributed by atoms with E-state index in [0.717, 1.165) is 16.9 Å². The summed E-state index contributed by atoms with van der Waals surface area (Å²) < 4.78 is 6.27. The van der Waals surface area contributed by atoms with Gasteiger partial charge < -0.3 is 4.74 Å². The van der Waals surface area contributed by atoms with Gasteiger partial charge in [0.2, 0.25) is 0 Å². The lowest BCUT2D eigenvalue weighted by Gasteiger charge is -2.29. The molecule has 1 unspecified atom stereocenters. The normalized spacial score (nSPS) is 18.5. The average Bonchev–Trinajstić information content (AvgIpc) is 2.69. The molecule has 1 aromatic heterocycles. The Balaban J connectivity index is 2.12. The van der Waals surface area contributed by atoms with Gasteiger partial charge in [0.1, 0.15) is 0 Å². The number of hydrogen-bond donors (Lipinski definition) is 0. The molecule has 3 nitrogen and oxygen atoms in total. The van der Waals surface area contributed by atoms with Crippen LogP contribution in [0.5, 0.6) is 0 Å². The zero-order valence-corrected chi connectivity index (χ0v) is 14.3. The van der Waals surface area contributed by atoms with Gasteiger partial charge in [-0.15, -0.1) is 11.3 Å². The van der Waals surface area contributed by atoms with Crippen LogP contribution in [0.15, 0.2) is 15.9 Å². The SMILES string of the molecule is CCOC(=O)CC(c1ccc(Br)s1)N1CCCCCC1. The Morgan fingerprint density at radius 2 is 2.05 bits per heavy atom. The topological polar surface area (TPSA) is 29.5 Å². The van der Waals surface area contributed by atoms with Crippen LogP contribution in [0.25, 0.3) is 0 Å². The van der Waals surface area contributed by atoms with Crippen molar-refractivity contribution in [1.82, 2.24) is 4.90 Å². The summed E-state index contributed by atoms with van der Waals surface area (Å²) in [5.41, 5.74) is 0. The third kappa shape index (κ3) is 4.57. The van der Waals surface area contributed by atoms with E-state index in [1.54, 1.807) is 11.3 Å². The molecule has 0 N–H and O–H groups in total. The third-order valence-corrected chi connectivity index (χ3v) is 5.39. The van der Waals surface area contributed by atoms with Gasteiger partial charge in [0.25, 0.3) is 0 Å². The van der Waals surface area contributed by atoms with Gasteiger partial charge in [-0.05, 0) is 60.9 Å². The van der Waals surface area contributed by atoms with Gasteiger partial charge in [-0.1, -0.05) is 12.8 Å². The van der Waals surface area contributed by atoms with E-state index in [4.69, 9.17) is 4.74 Å². The smallest absolute Gasteiger partial charge is 0.307 e. The van der Waals surface area contributed by atoms with Crippen LogP contribution in [-0.4, -0.2) is 30.6 Å². The highest BCUT2D eigenvalue weighted by molar-refractivity contribution is 9.11. The summed E-state index contributed by atoms with van der Waals surface area (Å²) in [4.78, 5) is 15.6. The molecule has 2 rings (SSSR count). The fourth-order valence-corrected chi connectivity index (χ4v) is 4.26. The van der Waals surface area contributed by atoms with Crippen LogP contribution >= 0.6 is 27.3 Å². The zero-order chi connectivity index (χ0) is 14.4. The second-order valence-electron chi connectivity index (χ2n) is 5.12. The Labute approximate surface area is 133 Å². The van der Waals surface area contributed by atoms with Gasteiger partial charge in [0, 0.05) is 4.88 Å². The number of ether oxygens (including phenoxy) is 1. The first-order valence-electron chi connectivity index (χ1n) is 7.35. The van der Waals surface area contributed by atoms with Gasteiger partial charge in [-0.3, -0.25) is 9.69 Å². The summed E-state index contributed by atoms with van der Waals surface area (Å²) in [6, 6.07) is 4.36. The number of thiophene rings is 1. The fraction of sp³-hybridized carbons (Fsp3) is 0.667. The Bertz CT molecular complexity index is 427. The number of halogens is 1. The van der Waals surface area contributed by atoms with Crippen LogP contribution in [-0.2, 0) is 9.53 Å².